The zero-order chi connectivity index (χ0) is 20.3. The van der Waals surface area contributed by atoms with Gasteiger partial charge in [0.15, 0.2) is 5.78 Å². The van der Waals surface area contributed by atoms with Crippen molar-refractivity contribution in [2.24, 2.45) is 0 Å². The number of benzene rings is 3. The molecule has 3 aromatic carbocycles. The highest BCUT2D eigenvalue weighted by Gasteiger charge is 2.21. The van der Waals surface area contributed by atoms with Crippen LogP contribution in [0.4, 0.5) is 0 Å². The molecule has 0 saturated carbocycles. The Bertz CT molecular complexity index is 1020. The summed E-state index contributed by atoms with van der Waals surface area (Å²) in [5.74, 6) is 0.0101. The van der Waals surface area contributed by atoms with Gasteiger partial charge in [-0.25, -0.2) is 4.57 Å². The van der Waals surface area contributed by atoms with Crippen molar-refractivity contribution in [3.8, 4) is 11.1 Å². The maximum absolute atomic E-state index is 13.5. The van der Waals surface area contributed by atoms with Crippen molar-refractivity contribution in [3.63, 3.8) is 0 Å². The van der Waals surface area contributed by atoms with Crippen LogP contribution >= 0.6 is 8.69 Å². The molecule has 0 aliphatic heterocycles. The second-order valence-corrected chi connectivity index (χ2v) is 7.42. The molecule has 28 heavy (non-hydrogen) atoms. The zero-order valence-corrected chi connectivity index (χ0v) is 17.4. The minimum Gasteiger partial charge on any atom is -0.289 e. The average molecular weight is 390 g/mol. The highest BCUT2D eigenvalue weighted by atomic mass is 31.1. The molecule has 0 N–H and O–H groups in total. The third kappa shape index (κ3) is 3.96. The average Bonchev–Trinajstić information content (AvgIpc) is 2.67. The Labute approximate surface area is 167 Å². The Balaban J connectivity index is 2.17. The maximum atomic E-state index is 13.5. The molecule has 0 radical (unpaired) electrons. The van der Waals surface area contributed by atoms with Gasteiger partial charge in [0.25, 0.3) is 0 Å². The lowest BCUT2D eigenvalue weighted by molar-refractivity contribution is 0.103. The predicted octanol–water partition coefficient (Wildman–Crippen LogP) is 6.79. The van der Waals surface area contributed by atoms with Crippen molar-refractivity contribution in [3.05, 3.63) is 94.0 Å². The molecule has 0 heterocycles. The smallest absolute Gasteiger partial charge is 0.289 e. The predicted molar refractivity (Wildman–Crippen MR) is 113 cm³/mol. The molecule has 3 nitrogen and oxygen atoms in total. The maximum Gasteiger partial charge on any atom is 0.327 e. The van der Waals surface area contributed by atoms with E-state index in [4.69, 9.17) is 4.52 Å². The van der Waals surface area contributed by atoms with Crippen molar-refractivity contribution < 1.29 is 13.9 Å². The lowest BCUT2D eigenvalue weighted by atomic mass is 9.87. The summed E-state index contributed by atoms with van der Waals surface area (Å²) in [6.45, 7) is 7.84. The molecule has 142 valence electrons. The first-order valence-corrected chi connectivity index (χ1v) is 9.96. The zero-order valence-electron chi connectivity index (χ0n) is 16.5. The number of hydrogen-bond acceptors (Lipinski definition) is 3. The van der Waals surface area contributed by atoms with E-state index in [0.717, 1.165) is 38.9 Å². The van der Waals surface area contributed by atoms with Crippen molar-refractivity contribution in [2.45, 2.75) is 33.8 Å². The molecule has 0 aliphatic rings. The summed E-state index contributed by atoms with van der Waals surface area (Å²) in [6, 6.07) is 19.5. The second kappa shape index (κ2) is 8.60. The van der Waals surface area contributed by atoms with Gasteiger partial charge >= 0.3 is 8.69 Å². The molecular formula is C24H23O3P. The van der Waals surface area contributed by atoms with Gasteiger partial charge in [-0.15, -0.1) is 0 Å². The molecular weight excluding hydrogens is 367 g/mol. The van der Waals surface area contributed by atoms with E-state index in [9.17, 15) is 9.36 Å². The van der Waals surface area contributed by atoms with Gasteiger partial charge in [-0.05, 0) is 55.5 Å². The first-order chi connectivity index (χ1) is 13.4. The van der Waals surface area contributed by atoms with E-state index in [0.29, 0.717) is 5.56 Å². The fourth-order valence-electron chi connectivity index (χ4n) is 3.81. The Morgan fingerprint density at radius 3 is 2.11 bits per heavy atom. The number of carbonyl (C=O) groups is 1. The van der Waals surface area contributed by atoms with Crippen LogP contribution in [0.5, 0.6) is 0 Å². The fraction of sp³-hybridized carbons (Fsp3) is 0.208. The van der Waals surface area contributed by atoms with Gasteiger partial charge in [0.05, 0.1) is 6.10 Å². The first-order valence-electron chi connectivity index (χ1n) is 9.23. The number of hydrogen-bond donors (Lipinski definition) is 0. The normalized spacial score (nSPS) is 12.1. The van der Waals surface area contributed by atoms with Crippen LogP contribution in [0.3, 0.4) is 0 Å². The van der Waals surface area contributed by atoms with Crippen molar-refractivity contribution in [1.29, 1.82) is 0 Å². The molecule has 1 unspecified atom stereocenters. The van der Waals surface area contributed by atoms with Gasteiger partial charge in [0.2, 0.25) is 0 Å². The van der Waals surface area contributed by atoms with Gasteiger partial charge in [-0.2, -0.15) is 0 Å². The summed E-state index contributed by atoms with van der Waals surface area (Å²) < 4.78 is 16.2. The monoisotopic (exact) mass is 390 g/mol. The van der Waals surface area contributed by atoms with Gasteiger partial charge in [0, 0.05) is 11.1 Å². The summed E-state index contributed by atoms with van der Waals surface area (Å²) in [5, 5.41) is 0. The van der Waals surface area contributed by atoms with Crippen LogP contribution in [0.15, 0.2) is 60.7 Å². The lowest BCUT2D eigenvalue weighted by Crippen LogP contribution is -2.09. The van der Waals surface area contributed by atoms with E-state index < -0.39 is 0 Å². The highest BCUT2D eigenvalue weighted by molar-refractivity contribution is 7.17. The Morgan fingerprint density at radius 2 is 1.46 bits per heavy atom. The quantitative estimate of drug-likeness (QED) is 0.344. The van der Waals surface area contributed by atoms with Gasteiger partial charge in [-0.3, -0.25) is 9.32 Å². The summed E-state index contributed by atoms with van der Waals surface area (Å²) in [5.41, 5.74) is 7.15. The van der Waals surface area contributed by atoms with Crippen LogP contribution < -0.4 is 0 Å². The second-order valence-electron chi connectivity index (χ2n) is 7.06. The molecule has 3 aromatic rings. The molecule has 0 fully saturated rings. The van der Waals surface area contributed by atoms with Crippen LogP contribution in [-0.2, 0) is 9.09 Å². The molecule has 0 aliphatic carbocycles. The van der Waals surface area contributed by atoms with Gasteiger partial charge < -0.3 is 0 Å². The SMILES string of the molecule is Cc1cc(C)c(C(=O)c2ccccc2-c2ccccc2C(C)OP=O)c(C)c1. The number of ketones is 1. The van der Waals surface area contributed by atoms with E-state index in [-0.39, 0.29) is 20.6 Å². The minimum atomic E-state index is -0.365. The third-order valence-corrected chi connectivity index (χ3v) is 5.37. The van der Waals surface area contributed by atoms with Crippen molar-refractivity contribution in [2.75, 3.05) is 0 Å². The van der Waals surface area contributed by atoms with Crippen molar-refractivity contribution >= 4 is 14.5 Å². The topological polar surface area (TPSA) is 43.4 Å². The van der Waals surface area contributed by atoms with Crippen LogP contribution in [0.2, 0.25) is 0 Å². The molecule has 0 spiro atoms. The molecule has 1 atom stereocenters. The summed E-state index contributed by atoms with van der Waals surface area (Å²) in [6.07, 6.45) is -0.360. The molecule has 4 heteroatoms. The molecule has 0 bridgehead atoms. The standard InChI is InChI=1S/C24H23O3P/c1-15-13-16(2)23(17(3)14-15)24(25)22-12-8-7-11-21(22)20-10-6-5-9-19(20)18(4)27-28-26/h5-14,18H,1-4H3. The van der Waals surface area contributed by atoms with Crippen LogP contribution in [0.25, 0.3) is 11.1 Å². The van der Waals surface area contributed by atoms with Crippen LogP contribution in [0.1, 0.15) is 51.2 Å². The van der Waals surface area contributed by atoms with E-state index in [1.54, 1.807) is 0 Å². The summed E-state index contributed by atoms with van der Waals surface area (Å²) >= 11 is 0. The number of aryl methyl sites for hydroxylation is 3. The lowest BCUT2D eigenvalue weighted by Gasteiger charge is -2.17. The summed E-state index contributed by atoms with van der Waals surface area (Å²) in [4.78, 5) is 13.5. The number of carbonyl (C=O) groups excluding carboxylic acids is 1. The van der Waals surface area contributed by atoms with Gasteiger partial charge in [0.1, 0.15) is 0 Å². The van der Waals surface area contributed by atoms with Gasteiger partial charge in [-0.1, -0.05) is 66.2 Å². The Morgan fingerprint density at radius 1 is 0.893 bits per heavy atom. The number of rotatable bonds is 6. The van der Waals surface area contributed by atoms with Crippen LogP contribution in [-0.4, -0.2) is 5.78 Å². The van der Waals surface area contributed by atoms with E-state index in [1.807, 2.05) is 88.4 Å². The fourth-order valence-corrected chi connectivity index (χ4v) is 4.05. The minimum absolute atomic E-state index is 0.0101. The third-order valence-electron chi connectivity index (χ3n) is 4.97. The van der Waals surface area contributed by atoms with E-state index in [2.05, 4.69) is 0 Å². The van der Waals surface area contributed by atoms with Crippen molar-refractivity contribution in [1.82, 2.24) is 0 Å². The van der Waals surface area contributed by atoms with Crippen LogP contribution in [0, 0.1) is 20.8 Å². The summed E-state index contributed by atoms with van der Waals surface area (Å²) in [7, 11) is -0.365. The first kappa shape index (κ1) is 20.1. The molecule has 0 saturated heterocycles. The molecule has 0 amide bonds. The Kier molecular flexibility index (Phi) is 6.18. The van der Waals surface area contributed by atoms with E-state index >= 15 is 0 Å². The van der Waals surface area contributed by atoms with E-state index in [1.165, 1.54) is 0 Å². The molecule has 0 aromatic heterocycles. The Hall–Kier alpha value is -2.61. The molecule has 3 rings (SSSR count). The largest absolute Gasteiger partial charge is 0.327 e. The highest BCUT2D eigenvalue weighted by Crippen LogP contribution is 2.35.